The lowest BCUT2D eigenvalue weighted by atomic mass is 10.1. The largest absolute Gasteiger partial charge is 0.497 e. The van der Waals surface area contributed by atoms with Crippen LogP contribution in [0.5, 0.6) is 5.75 Å². The average molecular weight is 345 g/mol. The van der Waals surface area contributed by atoms with Gasteiger partial charge in [0.15, 0.2) is 6.04 Å². The molecular formula is C14H16FNO6S. The summed E-state index contributed by atoms with van der Waals surface area (Å²) in [6.45, 7) is -0.120. The Morgan fingerprint density at radius 3 is 2.52 bits per heavy atom. The van der Waals surface area contributed by atoms with Crippen molar-refractivity contribution in [3.63, 3.8) is 0 Å². The first-order valence-corrected chi connectivity index (χ1v) is 8.35. The number of carbonyl (C=O) groups is 2. The zero-order valence-corrected chi connectivity index (χ0v) is 13.1. The van der Waals surface area contributed by atoms with E-state index in [4.69, 9.17) is 4.74 Å². The number of carboxylic acids is 1. The molecule has 0 radical (unpaired) electrons. The Balaban J connectivity index is 2.24. The van der Waals surface area contributed by atoms with Gasteiger partial charge in [-0.1, -0.05) is 12.1 Å². The number of halogens is 1. The Kier molecular flexibility index (Phi) is 4.88. The molecule has 1 aromatic rings. The summed E-state index contributed by atoms with van der Waals surface area (Å²) < 4.78 is 39.2. The van der Waals surface area contributed by atoms with Crippen LogP contribution in [0.1, 0.15) is 18.0 Å². The molecule has 1 fully saturated rings. The molecule has 0 aliphatic carbocycles. The standard InChI is InChI=1S/C14H16FNO6S/c1-22-11-4-2-10(3-5-11)13(14(18)19)16-7-9(6-12(16)17)8-23(15,20)21/h2-5,9,13H,6-8H2,1H3,(H,18,19). The number of rotatable bonds is 6. The second-order valence-electron chi connectivity index (χ2n) is 5.34. The van der Waals surface area contributed by atoms with Crippen LogP contribution in [-0.2, 0) is 19.8 Å². The highest BCUT2D eigenvalue weighted by Crippen LogP contribution is 2.30. The number of ether oxygens (including phenoxy) is 1. The van der Waals surface area contributed by atoms with Crippen LogP contribution < -0.4 is 4.74 Å². The van der Waals surface area contributed by atoms with E-state index in [0.717, 1.165) is 4.90 Å². The molecule has 1 amide bonds. The van der Waals surface area contributed by atoms with Crippen LogP contribution in [0.15, 0.2) is 24.3 Å². The van der Waals surface area contributed by atoms with Gasteiger partial charge in [-0.2, -0.15) is 8.42 Å². The van der Waals surface area contributed by atoms with E-state index in [1.807, 2.05) is 0 Å². The lowest BCUT2D eigenvalue weighted by molar-refractivity contribution is -0.148. The van der Waals surface area contributed by atoms with Crippen molar-refractivity contribution in [2.75, 3.05) is 19.4 Å². The molecule has 0 spiro atoms. The zero-order valence-electron chi connectivity index (χ0n) is 12.3. The van der Waals surface area contributed by atoms with Crippen LogP contribution in [-0.4, -0.2) is 49.7 Å². The fraction of sp³-hybridized carbons (Fsp3) is 0.429. The van der Waals surface area contributed by atoms with Crippen molar-refractivity contribution in [3.8, 4) is 5.75 Å². The van der Waals surface area contributed by atoms with Gasteiger partial charge in [-0.05, 0) is 17.7 Å². The van der Waals surface area contributed by atoms with Crippen molar-refractivity contribution in [2.45, 2.75) is 12.5 Å². The van der Waals surface area contributed by atoms with Gasteiger partial charge in [-0.25, -0.2) is 4.79 Å². The molecule has 23 heavy (non-hydrogen) atoms. The second kappa shape index (κ2) is 6.53. The van der Waals surface area contributed by atoms with Crippen molar-refractivity contribution < 1.29 is 31.7 Å². The maximum atomic E-state index is 12.8. The van der Waals surface area contributed by atoms with Crippen LogP contribution in [0.3, 0.4) is 0 Å². The third-order valence-electron chi connectivity index (χ3n) is 3.65. The number of amides is 1. The Bertz CT molecular complexity index is 702. The first-order valence-electron chi connectivity index (χ1n) is 6.80. The molecular weight excluding hydrogens is 329 g/mol. The number of carbonyl (C=O) groups excluding carboxylic acids is 1. The van der Waals surface area contributed by atoms with Crippen molar-refractivity contribution in [1.29, 1.82) is 0 Å². The molecule has 2 rings (SSSR count). The van der Waals surface area contributed by atoms with Gasteiger partial charge in [0.1, 0.15) is 5.75 Å². The Morgan fingerprint density at radius 2 is 2.04 bits per heavy atom. The molecule has 2 atom stereocenters. The highest BCUT2D eigenvalue weighted by Gasteiger charge is 2.40. The molecule has 7 nitrogen and oxygen atoms in total. The quantitative estimate of drug-likeness (QED) is 0.771. The first-order chi connectivity index (χ1) is 10.7. The number of nitrogens with zero attached hydrogens (tertiary/aromatic N) is 1. The third kappa shape index (κ3) is 4.19. The van der Waals surface area contributed by atoms with E-state index in [0.29, 0.717) is 11.3 Å². The number of carboxylic acid groups (broad SMARTS) is 1. The van der Waals surface area contributed by atoms with Crippen LogP contribution in [0.2, 0.25) is 0 Å². The molecule has 1 heterocycles. The number of methoxy groups -OCH3 is 1. The van der Waals surface area contributed by atoms with Crippen LogP contribution in [0, 0.1) is 5.92 Å². The van der Waals surface area contributed by atoms with Crippen molar-refractivity contribution in [2.24, 2.45) is 5.92 Å². The normalized spacial score (nSPS) is 19.7. The van der Waals surface area contributed by atoms with Gasteiger partial charge in [0.25, 0.3) is 0 Å². The van der Waals surface area contributed by atoms with Crippen molar-refractivity contribution in [1.82, 2.24) is 4.90 Å². The summed E-state index contributed by atoms with van der Waals surface area (Å²) >= 11 is 0. The van der Waals surface area contributed by atoms with Crippen molar-refractivity contribution >= 4 is 22.1 Å². The molecule has 0 aromatic heterocycles. The summed E-state index contributed by atoms with van der Waals surface area (Å²) in [6, 6.07) is 4.92. The molecule has 1 aromatic carbocycles. The predicted molar refractivity (Wildman–Crippen MR) is 78.1 cm³/mol. The summed E-state index contributed by atoms with van der Waals surface area (Å²) in [5, 5.41) is 9.43. The summed E-state index contributed by atoms with van der Waals surface area (Å²) in [6.07, 6.45) is -0.191. The second-order valence-corrected chi connectivity index (χ2v) is 6.75. The Labute approximate surface area is 132 Å². The van der Waals surface area contributed by atoms with Gasteiger partial charge < -0.3 is 14.7 Å². The van der Waals surface area contributed by atoms with Gasteiger partial charge in [-0.15, -0.1) is 3.89 Å². The summed E-state index contributed by atoms with van der Waals surface area (Å²) in [5.41, 5.74) is 0.357. The fourth-order valence-corrected chi connectivity index (χ4v) is 3.48. The van der Waals surface area contributed by atoms with E-state index < -0.39 is 39.8 Å². The monoisotopic (exact) mass is 345 g/mol. The van der Waals surface area contributed by atoms with Gasteiger partial charge in [0, 0.05) is 18.9 Å². The molecule has 1 N–H and O–H groups in total. The van der Waals surface area contributed by atoms with Gasteiger partial charge in [-0.3, -0.25) is 4.79 Å². The van der Waals surface area contributed by atoms with E-state index in [9.17, 15) is 27.0 Å². The smallest absolute Gasteiger partial charge is 0.331 e. The molecule has 1 saturated heterocycles. The lowest BCUT2D eigenvalue weighted by Crippen LogP contribution is -2.35. The Morgan fingerprint density at radius 1 is 1.43 bits per heavy atom. The average Bonchev–Trinajstić information content (AvgIpc) is 2.78. The summed E-state index contributed by atoms with van der Waals surface area (Å²) in [5.74, 6) is -2.76. The number of hydrogen-bond acceptors (Lipinski definition) is 5. The number of benzene rings is 1. The zero-order chi connectivity index (χ0) is 17.2. The number of likely N-dealkylation sites (tertiary alicyclic amines) is 1. The molecule has 9 heteroatoms. The van der Waals surface area contributed by atoms with Crippen molar-refractivity contribution in [3.05, 3.63) is 29.8 Å². The molecule has 2 unspecified atom stereocenters. The molecule has 0 saturated carbocycles. The minimum Gasteiger partial charge on any atom is -0.497 e. The van der Waals surface area contributed by atoms with Crippen LogP contribution >= 0.6 is 0 Å². The van der Waals surface area contributed by atoms with E-state index >= 15 is 0 Å². The van der Waals surface area contributed by atoms with E-state index in [2.05, 4.69) is 0 Å². The number of hydrogen-bond donors (Lipinski definition) is 1. The predicted octanol–water partition coefficient (Wildman–Crippen LogP) is 0.969. The SMILES string of the molecule is COc1ccc(C(C(=O)O)N2CC(CS(=O)(=O)F)CC2=O)cc1. The maximum absolute atomic E-state index is 12.8. The van der Waals surface area contributed by atoms with Gasteiger partial charge in [0.2, 0.25) is 5.91 Å². The third-order valence-corrected chi connectivity index (χ3v) is 4.52. The van der Waals surface area contributed by atoms with Gasteiger partial charge >= 0.3 is 16.2 Å². The minimum atomic E-state index is -4.72. The molecule has 1 aliphatic heterocycles. The van der Waals surface area contributed by atoms with E-state index in [-0.39, 0.29) is 13.0 Å². The topological polar surface area (TPSA) is 101 Å². The lowest BCUT2D eigenvalue weighted by Gasteiger charge is -2.25. The Hall–Kier alpha value is -2.16. The summed E-state index contributed by atoms with van der Waals surface area (Å²) in [7, 11) is -3.25. The summed E-state index contributed by atoms with van der Waals surface area (Å²) in [4.78, 5) is 24.7. The highest BCUT2D eigenvalue weighted by atomic mass is 32.3. The molecule has 126 valence electrons. The maximum Gasteiger partial charge on any atom is 0.331 e. The van der Waals surface area contributed by atoms with Crippen LogP contribution in [0.4, 0.5) is 3.89 Å². The van der Waals surface area contributed by atoms with E-state index in [1.54, 1.807) is 12.1 Å². The number of aliphatic carboxylic acids is 1. The van der Waals surface area contributed by atoms with E-state index in [1.165, 1.54) is 19.2 Å². The molecule has 1 aliphatic rings. The minimum absolute atomic E-state index is 0.120. The first kappa shape index (κ1) is 17.2. The van der Waals surface area contributed by atoms with Crippen LogP contribution in [0.25, 0.3) is 0 Å². The fourth-order valence-electron chi connectivity index (χ4n) is 2.69. The highest BCUT2D eigenvalue weighted by molar-refractivity contribution is 7.86. The van der Waals surface area contributed by atoms with Gasteiger partial charge in [0.05, 0.1) is 12.9 Å². The molecule has 0 bridgehead atoms.